The molecule has 2 atom stereocenters. The molecule has 1 saturated carbocycles. The summed E-state index contributed by atoms with van der Waals surface area (Å²) in [7, 11) is -4.97. The van der Waals surface area contributed by atoms with Gasteiger partial charge in [0.2, 0.25) is 5.60 Å². The summed E-state index contributed by atoms with van der Waals surface area (Å²) in [4.78, 5) is 47.6. The van der Waals surface area contributed by atoms with Gasteiger partial charge in [0.15, 0.2) is 10.8 Å². The Balaban J connectivity index is 1.30. The molecule has 3 fully saturated rings. The first-order valence-electron chi connectivity index (χ1n) is 12.1. The Hall–Kier alpha value is -3.72. The van der Waals surface area contributed by atoms with Crippen LogP contribution in [0, 0.1) is 5.92 Å². The Labute approximate surface area is 230 Å². The summed E-state index contributed by atoms with van der Waals surface area (Å²) in [6.45, 7) is 2.79. The Morgan fingerprint density at radius 2 is 2.10 bits per heavy atom. The molecule has 2 amide bonds. The molecule has 2 aliphatic heterocycles. The fraction of sp³-hybridized carbons (Fsp3) is 0.550. The Morgan fingerprint density at radius 1 is 1.35 bits per heavy atom. The van der Waals surface area contributed by atoms with Crippen molar-refractivity contribution in [2.75, 3.05) is 25.4 Å². The number of anilines is 1. The van der Waals surface area contributed by atoms with Crippen molar-refractivity contribution in [1.82, 2.24) is 40.2 Å². The highest BCUT2D eigenvalue weighted by molar-refractivity contribution is 7.84. The van der Waals surface area contributed by atoms with Gasteiger partial charge >= 0.3 is 16.3 Å². The van der Waals surface area contributed by atoms with Crippen LogP contribution in [0.15, 0.2) is 16.7 Å². The third-order valence-electron chi connectivity index (χ3n) is 6.63. The molecule has 1 aliphatic carbocycles. The molecule has 0 radical (unpaired) electrons. The number of carbonyl (C=O) groups is 3. The highest BCUT2D eigenvalue weighted by Gasteiger charge is 2.56. The van der Waals surface area contributed by atoms with Gasteiger partial charge in [-0.1, -0.05) is 5.16 Å². The Kier molecular flexibility index (Phi) is 7.44. The van der Waals surface area contributed by atoms with E-state index in [0.29, 0.717) is 18.2 Å². The van der Waals surface area contributed by atoms with Crippen LogP contribution in [-0.4, -0.2) is 103 Å². The number of nitrogen functional groups attached to an aromatic ring is 1. The van der Waals surface area contributed by atoms with Gasteiger partial charge in [0.25, 0.3) is 11.8 Å². The molecule has 0 spiro atoms. The normalized spacial score (nSPS) is 22.4. The van der Waals surface area contributed by atoms with Gasteiger partial charge in [-0.2, -0.15) is 23.4 Å². The third-order valence-corrected chi connectivity index (χ3v) is 8.25. The number of thiazole rings is 1. The van der Waals surface area contributed by atoms with E-state index >= 15 is 0 Å². The maximum Gasteiger partial charge on any atom is 0.362 e. The van der Waals surface area contributed by atoms with Gasteiger partial charge in [0, 0.05) is 44.4 Å². The molecule has 7 N–H and O–H groups in total. The topological polar surface area (TPSA) is 256 Å². The minimum absolute atomic E-state index is 0.0419. The van der Waals surface area contributed by atoms with Gasteiger partial charge in [0.1, 0.15) is 17.8 Å². The van der Waals surface area contributed by atoms with Crippen molar-refractivity contribution >= 4 is 50.3 Å². The number of carbonyl (C=O) groups excluding carboxylic acids is 2. The number of aliphatic carboxylic acids is 1. The lowest BCUT2D eigenvalue weighted by atomic mass is 9.98. The second-order valence-electron chi connectivity index (χ2n) is 9.58. The van der Waals surface area contributed by atoms with Crippen LogP contribution >= 0.6 is 11.3 Å². The van der Waals surface area contributed by atoms with Crippen molar-refractivity contribution in [3.8, 4) is 0 Å². The summed E-state index contributed by atoms with van der Waals surface area (Å²) < 4.78 is 33.6. The fourth-order valence-electron chi connectivity index (χ4n) is 4.11. The van der Waals surface area contributed by atoms with Crippen LogP contribution < -0.4 is 21.7 Å². The van der Waals surface area contributed by atoms with Crippen LogP contribution in [0.1, 0.15) is 24.2 Å². The van der Waals surface area contributed by atoms with Gasteiger partial charge in [-0.3, -0.25) is 14.1 Å². The van der Waals surface area contributed by atoms with E-state index in [1.807, 2.05) is 0 Å². The van der Waals surface area contributed by atoms with Crippen LogP contribution in [0.4, 0.5) is 5.13 Å². The number of hydrogen-bond donors (Lipinski definition) is 6. The average Bonchev–Trinajstić information content (AvgIpc) is 3.32. The van der Waals surface area contributed by atoms with Gasteiger partial charge < -0.3 is 31.6 Å². The molecule has 2 aromatic rings. The number of nitrogens with one attached hydrogen (secondary N) is 3. The molecule has 2 saturated heterocycles. The molecule has 3 aliphatic rings. The van der Waals surface area contributed by atoms with E-state index in [9.17, 15) is 32.5 Å². The summed E-state index contributed by atoms with van der Waals surface area (Å²) in [5, 5.41) is 31.7. The van der Waals surface area contributed by atoms with Gasteiger partial charge in [-0.15, -0.1) is 11.3 Å². The zero-order chi connectivity index (χ0) is 28.7. The lowest BCUT2D eigenvalue weighted by Gasteiger charge is -2.43. The summed E-state index contributed by atoms with van der Waals surface area (Å²) in [6.07, 6.45) is 1.83. The van der Waals surface area contributed by atoms with Crippen LogP contribution in [0.3, 0.4) is 0 Å². The average molecular weight is 599 g/mol. The van der Waals surface area contributed by atoms with Crippen molar-refractivity contribution in [1.29, 1.82) is 0 Å². The summed E-state index contributed by atoms with van der Waals surface area (Å²) in [5.41, 5.74) is 4.14. The smallest absolute Gasteiger partial charge is 0.362 e. The highest BCUT2D eigenvalue weighted by atomic mass is 32.2. The van der Waals surface area contributed by atoms with Gasteiger partial charge in [0.05, 0.1) is 18.4 Å². The molecule has 5 rings (SSSR count). The number of oxime groups is 1. The summed E-state index contributed by atoms with van der Waals surface area (Å²) in [6, 6.07) is -2.71. The zero-order valence-electron chi connectivity index (χ0n) is 20.8. The first-order chi connectivity index (χ1) is 19.0. The number of carboxylic acids is 1. The van der Waals surface area contributed by atoms with E-state index in [0.717, 1.165) is 35.8 Å². The number of nitrogens with two attached hydrogens (primary N) is 1. The van der Waals surface area contributed by atoms with Crippen LogP contribution in [0.25, 0.3) is 0 Å². The molecule has 0 aromatic carbocycles. The second kappa shape index (κ2) is 10.7. The molecule has 2 unspecified atom stereocenters. The molecule has 40 heavy (non-hydrogen) atoms. The SMILES string of the molecule is Nc1nc(/C(=N/OC2(C(=O)O)CC2)C(=O)NC2C(=O)N(S(=O)(=O)O)C2Cn2ncc(CNCC3CNC3)n2)cs1. The van der Waals surface area contributed by atoms with Crippen molar-refractivity contribution in [3.05, 3.63) is 23.0 Å². The number of amides is 2. The number of hydrogen-bond acceptors (Lipinski definition) is 14. The first-order valence-corrected chi connectivity index (χ1v) is 14.4. The predicted molar refractivity (Wildman–Crippen MR) is 136 cm³/mol. The van der Waals surface area contributed by atoms with E-state index in [-0.39, 0.29) is 34.5 Å². The molecular formula is C20H26N10O8S2. The minimum atomic E-state index is -4.97. The molecule has 0 bridgehead atoms. The second-order valence-corrected chi connectivity index (χ2v) is 11.8. The maximum absolute atomic E-state index is 13.2. The summed E-state index contributed by atoms with van der Waals surface area (Å²) >= 11 is 0.983. The molecule has 18 nitrogen and oxygen atoms in total. The van der Waals surface area contributed by atoms with E-state index < -0.39 is 51.5 Å². The zero-order valence-corrected chi connectivity index (χ0v) is 22.4. The van der Waals surface area contributed by atoms with Crippen LogP contribution in [0.5, 0.6) is 0 Å². The van der Waals surface area contributed by atoms with Crippen molar-refractivity contribution < 1.29 is 37.3 Å². The highest BCUT2D eigenvalue weighted by Crippen LogP contribution is 2.40. The lowest BCUT2D eigenvalue weighted by molar-refractivity contribution is -0.153. The van der Waals surface area contributed by atoms with Crippen LogP contribution in [-0.2, 0) is 42.6 Å². The fourth-order valence-corrected chi connectivity index (χ4v) is 5.53. The van der Waals surface area contributed by atoms with Crippen molar-refractivity contribution in [2.45, 2.75) is 43.6 Å². The van der Waals surface area contributed by atoms with E-state index in [1.165, 1.54) is 11.6 Å². The first kappa shape index (κ1) is 27.8. The number of rotatable bonds is 13. The van der Waals surface area contributed by atoms with E-state index in [4.69, 9.17) is 10.6 Å². The Bertz CT molecular complexity index is 1450. The van der Waals surface area contributed by atoms with E-state index in [2.05, 4.69) is 36.3 Å². The van der Waals surface area contributed by atoms with Crippen molar-refractivity contribution in [3.63, 3.8) is 0 Å². The molecular weight excluding hydrogens is 572 g/mol. The maximum atomic E-state index is 13.2. The van der Waals surface area contributed by atoms with Crippen molar-refractivity contribution in [2.24, 2.45) is 11.1 Å². The standard InChI is InChI=1S/C20H26N10O8S2/c21-19-25-12(9-39-19)14(28-38-20(1-2-20)18(33)34)16(31)26-15-13(30(17(15)32)40(35,36)37)8-29-24-7-11(27-29)6-23-5-10-3-22-4-10/h7,9-10,13,15,22-23H,1-6,8H2,(H2,21,25)(H,26,31)(H,33,34)(H,35,36,37)/b28-14-. The predicted octanol–water partition coefficient (Wildman–Crippen LogP) is -2.84. The number of aromatic nitrogens is 4. The minimum Gasteiger partial charge on any atom is -0.478 e. The van der Waals surface area contributed by atoms with Gasteiger partial charge in [-0.25, -0.2) is 14.1 Å². The largest absolute Gasteiger partial charge is 0.478 e. The van der Waals surface area contributed by atoms with Gasteiger partial charge in [-0.05, 0) is 5.92 Å². The Morgan fingerprint density at radius 3 is 2.67 bits per heavy atom. The molecule has 20 heteroatoms. The monoisotopic (exact) mass is 598 g/mol. The molecule has 216 valence electrons. The third kappa shape index (κ3) is 5.75. The summed E-state index contributed by atoms with van der Waals surface area (Å²) in [5.74, 6) is -2.84. The number of β-lactam (4-membered cyclic amide) rings is 1. The quantitative estimate of drug-likeness (QED) is 0.0588. The number of carboxylic acid groups (broad SMARTS) is 1. The lowest BCUT2D eigenvalue weighted by Crippen LogP contribution is -2.73. The molecule has 2 aromatic heterocycles. The molecule has 4 heterocycles. The van der Waals surface area contributed by atoms with E-state index in [1.54, 1.807) is 0 Å². The number of nitrogens with zero attached hydrogens (tertiary/aromatic N) is 6. The van der Waals surface area contributed by atoms with Crippen LogP contribution in [0.2, 0.25) is 0 Å².